The molecule has 1 aromatic rings. The molecule has 1 unspecified atom stereocenters. The topological polar surface area (TPSA) is 55.4 Å². The van der Waals surface area contributed by atoms with Gasteiger partial charge < -0.3 is 10.1 Å². The van der Waals surface area contributed by atoms with Crippen molar-refractivity contribution in [3.63, 3.8) is 0 Å². The van der Waals surface area contributed by atoms with Crippen LogP contribution in [0.4, 0.5) is 0 Å². The van der Waals surface area contributed by atoms with Gasteiger partial charge in [-0.2, -0.15) is 0 Å². The zero-order valence-electron chi connectivity index (χ0n) is 12.3. The maximum atomic E-state index is 11.2. The molecule has 0 aliphatic rings. The van der Waals surface area contributed by atoms with Crippen LogP contribution in [0.1, 0.15) is 24.3 Å². The fourth-order valence-electron chi connectivity index (χ4n) is 2.15. The maximum absolute atomic E-state index is 11.2. The molecule has 20 heavy (non-hydrogen) atoms. The minimum atomic E-state index is -2.87. The van der Waals surface area contributed by atoms with E-state index in [-0.39, 0.29) is 5.75 Å². The number of rotatable bonds is 10. The predicted octanol–water partition coefficient (Wildman–Crippen LogP) is 1.83. The SMILES string of the molecule is COCCNCC(CCCS(C)(=O)=O)c1ccccc1. The third kappa shape index (κ3) is 7.62. The van der Waals surface area contributed by atoms with Crippen LogP contribution in [0, 0.1) is 0 Å². The van der Waals surface area contributed by atoms with Crippen molar-refractivity contribution in [2.24, 2.45) is 0 Å². The molecule has 4 nitrogen and oxygen atoms in total. The van der Waals surface area contributed by atoms with Crippen LogP contribution in [0.2, 0.25) is 0 Å². The first-order chi connectivity index (χ1) is 9.53. The molecule has 0 spiro atoms. The highest BCUT2D eigenvalue weighted by atomic mass is 32.2. The van der Waals surface area contributed by atoms with Crippen LogP contribution >= 0.6 is 0 Å². The van der Waals surface area contributed by atoms with Crippen LogP contribution < -0.4 is 5.32 Å². The highest BCUT2D eigenvalue weighted by Gasteiger charge is 2.12. The van der Waals surface area contributed by atoms with E-state index in [4.69, 9.17) is 4.74 Å². The van der Waals surface area contributed by atoms with E-state index in [0.29, 0.717) is 18.9 Å². The van der Waals surface area contributed by atoms with Crippen LogP contribution in [-0.4, -0.2) is 47.2 Å². The van der Waals surface area contributed by atoms with E-state index in [1.54, 1.807) is 7.11 Å². The second-order valence-corrected chi connectivity index (χ2v) is 7.34. The minimum Gasteiger partial charge on any atom is -0.383 e. The van der Waals surface area contributed by atoms with Crippen molar-refractivity contribution in [2.45, 2.75) is 18.8 Å². The first kappa shape index (κ1) is 17.1. The number of hydrogen-bond donors (Lipinski definition) is 1. The molecule has 0 aromatic heterocycles. The van der Waals surface area contributed by atoms with Gasteiger partial charge in [0.25, 0.3) is 0 Å². The Bertz CT molecular complexity index is 459. The molecule has 114 valence electrons. The molecule has 0 bridgehead atoms. The van der Waals surface area contributed by atoms with Crippen molar-refractivity contribution >= 4 is 9.84 Å². The fourth-order valence-corrected chi connectivity index (χ4v) is 2.85. The van der Waals surface area contributed by atoms with Gasteiger partial charge in [-0.1, -0.05) is 30.3 Å². The van der Waals surface area contributed by atoms with Gasteiger partial charge in [-0.15, -0.1) is 0 Å². The molecule has 0 amide bonds. The first-order valence-corrected chi connectivity index (χ1v) is 9.01. The smallest absolute Gasteiger partial charge is 0.147 e. The van der Waals surface area contributed by atoms with Crippen molar-refractivity contribution in [2.75, 3.05) is 38.8 Å². The van der Waals surface area contributed by atoms with E-state index in [1.807, 2.05) is 18.2 Å². The summed E-state index contributed by atoms with van der Waals surface area (Å²) in [6, 6.07) is 10.2. The van der Waals surface area contributed by atoms with E-state index in [9.17, 15) is 8.42 Å². The fraction of sp³-hybridized carbons (Fsp3) is 0.600. The number of methoxy groups -OCH3 is 1. The zero-order chi connectivity index (χ0) is 14.8. The zero-order valence-corrected chi connectivity index (χ0v) is 13.2. The summed E-state index contributed by atoms with van der Waals surface area (Å²) in [5.41, 5.74) is 1.26. The van der Waals surface area contributed by atoms with Crippen molar-refractivity contribution < 1.29 is 13.2 Å². The molecule has 5 heteroatoms. The van der Waals surface area contributed by atoms with Crippen LogP contribution in [0.3, 0.4) is 0 Å². The summed E-state index contributed by atoms with van der Waals surface area (Å²) in [6.45, 7) is 2.34. The number of hydrogen-bond acceptors (Lipinski definition) is 4. The molecule has 0 radical (unpaired) electrons. The molecule has 1 N–H and O–H groups in total. The lowest BCUT2D eigenvalue weighted by Gasteiger charge is -2.18. The van der Waals surface area contributed by atoms with E-state index in [1.165, 1.54) is 11.8 Å². The van der Waals surface area contributed by atoms with E-state index in [2.05, 4.69) is 17.4 Å². The second kappa shape index (κ2) is 9.10. The lowest BCUT2D eigenvalue weighted by Crippen LogP contribution is -2.25. The molecule has 0 saturated carbocycles. The number of benzene rings is 1. The van der Waals surface area contributed by atoms with Crippen molar-refractivity contribution in [3.05, 3.63) is 35.9 Å². The van der Waals surface area contributed by atoms with Gasteiger partial charge in [0, 0.05) is 32.2 Å². The Labute approximate surface area is 122 Å². The van der Waals surface area contributed by atoms with E-state index >= 15 is 0 Å². The van der Waals surface area contributed by atoms with Crippen LogP contribution in [-0.2, 0) is 14.6 Å². The monoisotopic (exact) mass is 299 g/mol. The van der Waals surface area contributed by atoms with Crippen LogP contribution in [0.15, 0.2) is 30.3 Å². The standard InChI is InChI=1S/C15H25NO3S/c1-19-11-10-16-13-15(9-6-12-20(2,17)18)14-7-4-3-5-8-14/h3-5,7-8,15-16H,6,9-13H2,1-2H3. The molecular formula is C15H25NO3S. The number of nitrogens with one attached hydrogen (secondary N) is 1. The van der Waals surface area contributed by atoms with Crippen molar-refractivity contribution in [1.82, 2.24) is 5.32 Å². The van der Waals surface area contributed by atoms with Gasteiger partial charge in [0.2, 0.25) is 0 Å². The highest BCUT2D eigenvalue weighted by Crippen LogP contribution is 2.20. The van der Waals surface area contributed by atoms with Gasteiger partial charge in [-0.25, -0.2) is 8.42 Å². The largest absolute Gasteiger partial charge is 0.383 e. The Hall–Kier alpha value is -0.910. The molecule has 0 fully saturated rings. The van der Waals surface area contributed by atoms with Crippen LogP contribution in [0.5, 0.6) is 0 Å². The van der Waals surface area contributed by atoms with Gasteiger partial charge in [-0.3, -0.25) is 0 Å². The average molecular weight is 299 g/mol. The molecule has 0 aliphatic carbocycles. The summed E-state index contributed by atoms with van der Waals surface area (Å²) in [4.78, 5) is 0. The Balaban J connectivity index is 2.51. The van der Waals surface area contributed by atoms with Gasteiger partial charge in [0.15, 0.2) is 0 Å². The van der Waals surface area contributed by atoms with E-state index in [0.717, 1.165) is 19.5 Å². The van der Waals surface area contributed by atoms with Crippen molar-refractivity contribution in [1.29, 1.82) is 0 Å². The Morgan fingerprint density at radius 1 is 1.25 bits per heavy atom. The Morgan fingerprint density at radius 3 is 2.55 bits per heavy atom. The second-order valence-electron chi connectivity index (χ2n) is 5.08. The maximum Gasteiger partial charge on any atom is 0.147 e. The third-order valence-corrected chi connectivity index (χ3v) is 4.24. The van der Waals surface area contributed by atoms with Gasteiger partial charge in [0.1, 0.15) is 9.84 Å². The highest BCUT2D eigenvalue weighted by molar-refractivity contribution is 7.90. The molecule has 0 aliphatic heterocycles. The third-order valence-electron chi connectivity index (χ3n) is 3.21. The first-order valence-electron chi connectivity index (χ1n) is 6.95. The summed E-state index contributed by atoms with van der Waals surface area (Å²) in [6.07, 6.45) is 2.86. The number of ether oxygens (including phenoxy) is 1. The van der Waals surface area contributed by atoms with Gasteiger partial charge in [-0.05, 0) is 24.3 Å². The molecule has 1 aromatic carbocycles. The van der Waals surface area contributed by atoms with E-state index < -0.39 is 9.84 Å². The molecule has 1 atom stereocenters. The summed E-state index contributed by atoms with van der Waals surface area (Å²) >= 11 is 0. The summed E-state index contributed by atoms with van der Waals surface area (Å²) in [7, 11) is -1.19. The quantitative estimate of drug-likeness (QED) is 0.670. The summed E-state index contributed by atoms with van der Waals surface area (Å²) < 4.78 is 27.4. The lowest BCUT2D eigenvalue weighted by atomic mass is 9.94. The molecule has 0 heterocycles. The van der Waals surface area contributed by atoms with Gasteiger partial charge >= 0.3 is 0 Å². The summed E-state index contributed by atoms with van der Waals surface area (Å²) in [5.74, 6) is 0.601. The Kier molecular flexibility index (Phi) is 7.80. The predicted molar refractivity (Wildman–Crippen MR) is 82.9 cm³/mol. The normalized spacial score (nSPS) is 13.3. The minimum absolute atomic E-state index is 0.258. The van der Waals surface area contributed by atoms with Crippen LogP contribution in [0.25, 0.3) is 0 Å². The summed E-state index contributed by atoms with van der Waals surface area (Å²) in [5, 5.41) is 3.36. The molecular weight excluding hydrogens is 274 g/mol. The molecule has 1 rings (SSSR count). The van der Waals surface area contributed by atoms with Gasteiger partial charge in [0.05, 0.1) is 6.61 Å². The van der Waals surface area contributed by atoms with Crippen molar-refractivity contribution in [3.8, 4) is 0 Å². The lowest BCUT2D eigenvalue weighted by molar-refractivity contribution is 0.198. The molecule has 0 saturated heterocycles. The Morgan fingerprint density at radius 2 is 1.95 bits per heavy atom. The average Bonchev–Trinajstić information content (AvgIpc) is 2.41. The number of sulfone groups is 1.